The third-order valence-corrected chi connectivity index (χ3v) is 3.17. The summed E-state index contributed by atoms with van der Waals surface area (Å²) in [5.74, 6) is 0.228. The van der Waals surface area contributed by atoms with E-state index in [-0.39, 0.29) is 18.2 Å². The monoisotopic (exact) mass is 203 g/mol. The Morgan fingerprint density at radius 2 is 2.07 bits per heavy atom. The average Bonchev–Trinajstić information content (AvgIpc) is 2.84. The van der Waals surface area contributed by atoms with Gasteiger partial charge in [0.1, 0.15) is 6.23 Å². The van der Waals surface area contributed by atoms with Crippen molar-refractivity contribution in [3.8, 4) is 0 Å². The molecule has 2 aliphatic rings. The smallest absolute Gasteiger partial charge is 0.225 e. The van der Waals surface area contributed by atoms with E-state index in [9.17, 15) is 4.79 Å². The number of carbonyl (C=O) groups is 1. The molecule has 0 aliphatic carbocycles. The molecule has 1 amide bonds. The number of hydrogen-bond acceptors (Lipinski definition) is 2. The van der Waals surface area contributed by atoms with Gasteiger partial charge in [0.25, 0.3) is 0 Å². The Morgan fingerprint density at radius 1 is 1.27 bits per heavy atom. The topological polar surface area (TPSA) is 29.5 Å². The summed E-state index contributed by atoms with van der Waals surface area (Å²) < 4.78 is 5.62. The maximum atomic E-state index is 11.7. The summed E-state index contributed by atoms with van der Waals surface area (Å²) in [5.41, 5.74) is 1.18. The Kier molecular flexibility index (Phi) is 1.99. The van der Waals surface area contributed by atoms with Crippen LogP contribution >= 0.6 is 0 Å². The molecule has 0 aromatic heterocycles. The van der Waals surface area contributed by atoms with Gasteiger partial charge in [-0.15, -0.1) is 0 Å². The molecule has 0 N–H and O–H groups in total. The summed E-state index contributed by atoms with van der Waals surface area (Å²) >= 11 is 0. The standard InChI is InChI=1S/C12H13NO2/c14-11-6-7-12-13(11)10(8-15-12)9-4-2-1-3-5-9/h1-5,10,12H,6-8H2/t10-,12?/m1/s1. The summed E-state index contributed by atoms with van der Waals surface area (Å²) in [7, 11) is 0. The number of amides is 1. The fraction of sp³-hybridized carbons (Fsp3) is 0.417. The summed E-state index contributed by atoms with van der Waals surface area (Å²) in [6, 6.07) is 10.2. The molecule has 78 valence electrons. The highest BCUT2D eigenvalue weighted by molar-refractivity contribution is 5.79. The van der Waals surface area contributed by atoms with Gasteiger partial charge in [-0.2, -0.15) is 0 Å². The van der Waals surface area contributed by atoms with E-state index >= 15 is 0 Å². The van der Waals surface area contributed by atoms with E-state index in [1.165, 1.54) is 5.56 Å². The van der Waals surface area contributed by atoms with Gasteiger partial charge in [-0.3, -0.25) is 4.79 Å². The van der Waals surface area contributed by atoms with Crippen molar-refractivity contribution in [3.05, 3.63) is 35.9 Å². The average molecular weight is 203 g/mol. The second-order valence-corrected chi connectivity index (χ2v) is 4.05. The molecular weight excluding hydrogens is 190 g/mol. The second-order valence-electron chi connectivity index (χ2n) is 4.05. The first kappa shape index (κ1) is 8.92. The van der Waals surface area contributed by atoms with Gasteiger partial charge in [-0.05, 0) is 5.56 Å². The van der Waals surface area contributed by atoms with Crippen LogP contribution < -0.4 is 0 Å². The third-order valence-electron chi connectivity index (χ3n) is 3.17. The normalized spacial score (nSPS) is 29.6. The number of hydrogen-bond donors (Lipinski definition) is 0. The molecule has 0 saturated carbocycles. The lowest BCUT2D eigenvalue weighted by atomic mass is 10.1. The predicted molar refractivity (Wildman–Crippen MR) is 55.0 cm³/mol. The first-order valence-electron chi connectivity index (χ1n) is 5.34. The second kappa shape index (κ2) is 3.35. The van der Waals surface area contributed by atoms with E-state index in [1.807, 2.05) is 23.1 Å². The molecule has 1 aromatic carbocycles. The van der Waals surface area contributed by atoms with Crippen LogP contribution in [0.4, 0.5) is 0 Å². The number of fused-ring (bicyclic) bond motifs is 1. The number of nitrogens with zero attached hydrogens (tertiary/aromatic N) is 1. The molecule has 1 unspecified atom stereocenters. The van der Waals surface area contributed by atoms with Crippen molar-refractivity contribution in [1.82, 2.24) is 4.90 Å². The van der Waals surface area contributed by atoms with Crippen LogP contribution in [0.2, 0.25) is 0 Å². The Hall–Kier alpha value is -1.35. The fourth-order valence-corrected chi connectivity index (χ4v) is 2.43. The van der Waals surface area contributed by atoms with Gasteiger partial charge in [0.15, 0.2) is 0 Å². The molecule has 0 bridgehead atoms. The Labute approximate surface area is 88.6 Å². The zero-order valence-corrected chi connectivity index (χ0v) is 8.43. The molecule has 3 rings (SSSR count). The number of carbonyl (C=O) groups excluding carboxylic acids is 1. The lowest BCUT2D eigenvalue weighted by Crippen LogP contribution is -2.30. The van der Waals surface area contributed by atoms with E-state index in [2.05, 4.69) is 12.1 Å². The molecule has 2 aliphatic heterocycles. The molecule has 0 spiro atoms. The third kappa shape index (κ3) is 1.35. The Balaban J connectivity index is 1.92. The molecule has 3 heteroatoms. The highest BCUT2D eigenvalue weighted by Gasteiger charge is 2.42. The number of benzene rings is 1. The highest BCUT2D eigenvalue weighted by atomic mass is 16.5. The SMILES string of the molecule is O=C1CCC2OC[C@H](c3ccccc3)N12. The van der Waals surface area contributed by atoms with Crippen molar-refractivity contribution < 1.29 is 9.53 Å². The van der Waals surface area contributed by atoms with Crippen LogP contribution in [-0.2, 0) is 9.53 Å². The first-order chi connectivity index (χ1) is 7.36. The Morgan fingerprint density at radius 3 is 2.87 bits per heavy atom. The number of ether oxygens (including phenoxy) is 1. The minimum atomic E-state index is 0.0303. The van der Waals surface area contributed by atoms with Gasteiger partial charge in [-0.1, -0.05) is 30.3 Å². The molecule has 2 atom stereocenters. The molecule has 0 radical (unpaired) electrons. The van der Waals surface area contributed by atoms with Gasteiger partial charge in [0, 0.05) is 12.8 Å². The summed E-state index contributed by atoms with van der Waals surface area (Å²) in [6.07, 6.45) is 1.51. The van der Waals surface area contributed by atoms with E-state index < -0.39 is 0 Å². The van der Waals surface area contributed by atoms with Crippen molar-refractivity contribution in [2.24, 2.45) is 0 Å². The van der Waals surface area contributed by atoms with Crippen LogP contribution in [-0.4, -0.2) is 23.6 Å². The zero-order valence-electron chi connectivity index (χ0n) is 8.43. The predicted octanol–water partition coefficient (Wildman–Crippen LogP) is 1.71. The molecule has 2 saturated heterocycles. The van der Waals surface area contributed by atoms with Crippen molar-refractivity contribution in [1.29, 1.82) is 0 Å². The largest absolute Gasteiger partial charge is 0.356 e. The van der Waals surface area contributed by atoms with E-state index in [0.29, 0.717) is 13.0 Å². The molecular formula is C12H13NO2. The van der Waals surface area contributed by atoms with Crippen LogP contribution in [0.3, 0.4) is 0 Å². The van der Waals surface area contributed by atoms with Crippen molar-refractivity contribution in [2.45, 2.75) is 25.1 Å². The summed E-state index contributed by atoms with van der Waals surface area (Å²) in [6.45, 7) is 0.639. The van der Waals surface area contributed by atoms with Gasteiger partial charge >= 0.3 is 0 Å². The van der Waals surface area contributed by atoms with Crippen LogP contribution in [0.15, 0.2) is 30.3 Å². The summed E-state index contributed by atoms with van der Waals surface area (Å²) in [5, 5.41) is 0. The van der Waals surface area contributed by atoms with Crippen LogP contribution in [0.1, 0.15) is 24.4 Å². The molecule has 2 heterocycles. The van der Waals surface area contributed by atoms with Gasteiger partial charge in [0.2, 0.25) is 5.91 Å². The van der Waals surface area contributed by atoms with E-state index in [0.717, 1.165) is 6.42 Å². The lowest BCUT2D eigenvalue weighted by molar-refractivity contribution is -0.131. The quantitative estimate of drug-likeness (QED) is 0.695. The fourth-order valence-electron chi connectivity index (χ4n) is 2.43. The van der Waals surface area contributed by atoms with Crippen LogP contribution in [0.5, 0.6) is 0 Å². The van der Waals surface area contributed by atoms with Gasteiger partial charge in [0.05, 0.1) is 12.6 Å². The molecule has 1 aromatic rings. The molecule has 15 heavy (non-hydrogen) atoms. The first-order valence-corrected chi connectivity index (χ1v) is 5.34. The van der Waals surface area contributed by atoms with Gasteiger partial charge < -0.3 is 9.64 Å². The maximum Gasteiger partial charge on any atom is 0.225 e. The van der Waals surface area contributed by atoms with E-state index in [4.69, 9.17) is 4.74 Å². The van der Waals surface area contributed by atoms with Gasteiger partial charge in [-0.25, -0.2) is 0 Å². The number of rotatable bonds is 1. The molecule has 3 nitrogen and oxygen atoms in total. The lowest BCUT2D eigenvalue weighted by Gasteiger charge is -2.21. The zero-order chi connectivity index (χ0) is 10.3. The van der Waals surface area contributed by atoms with Crippen LogP contribution in [0.25, 0.3) is 0 Å². The molecule has 2 fully saturated rings. The van der Waals surface area contributed by atoms with Crippen molar-refractivity contribution in [2.75, 3.05) is 6.61 Å². The summed E-state index contributed by atoms with van der Waals surface area (Å²) in [4.78, 5) is 13.6. The van der Waals surface area contributed by atoms with Crippen molar-refractivity contribution in [3.63, 3.8) is 0 Å². The Bertz CT molecular complexity index is 376. The minimum absolute atomic E-state index is 0.0303. The van der Waals surface area contributed by atoms with Crippen molar-refractivity contribution >= 4 is 5.91 Å². The highest BCUT2D eigenvalue weighted by Crippen LogP contribution is 2.36. The van der Waals surface area contributed by atoms with E-state index in [1.54, 1.807) is 0 Å². The van der Waals surface area contributed by atoms with Crippen LogP contribution in [0, 0.1) is 0 Å². The maximum absolute atomic E-state index is 11.7. The minimum Gasteiger partial charge on any atom is -0.356 e.